The maximum Gasteiger partial charge on any atom is 0.128 e. The molecule has 1 aromatic heterocycles. The molecule has 0 aliphatic carbocycles. The fraction of sp³-hybridized carbons (Fsp3) is 0.312. The maximum absolute atomic E-state index is 4.33. The van der Waals surface area contributed by atoms with Gasteiger partial charge in [-0.3, -0.25) is 0 Å². The van der Waals surface area contributed by atoms with Crippen molar-refractivity contribution < 1.29 is 0 Å². The Morgan fingerprint density at radius 3 is 2.63 bits per heavy atom. The summed E-state index contributed by atoms with van der Waals surface area (Å²) >= 11 is 0. The topological polar surface area (TPSA) is 28.2 Å². The van der Waals surface area contributed by atoms with E-state index in [1.54, 1.807) is 0 Å². The van der Waals surface area contributed by atoms with E-state index in [0.29, 0.717) is 0 Å². The van der Waals surface area contributed by atoms with E-state index >= 15 is 0 Å². The predicted octanol–water partition coefficient (Wildman–Crippen LogP) is 3.33. The van der Waals surface area contributed by atoms with Crippen molar-refractivity contribution in [2.45, 2.75) is 13.3 Å². The first-order valence-corrected chi connectivity index (χ1v) is 6.69. The van der Waals surface area contributed by atoms with Crippen molar-refractivity contribution in [3.63, 3.8) is 0 Å². The highest BCUT2D eigenvalue weighted by atomic mass is 15.1. The van der Waals surface area contributed by atoms with Crippen LogP contribution in [0.5, 0.6) is 0 Å². The number of benzene rings is 1. The summed E-state index contributed by atoms with van der Waals surface area (Å²) in [6, 6.07) is 14.5. The Bertz CT molecular complexity index is 496. The number of anilines is 2. The average molecular weight is 255 g/mol. The van der Waals surface area contributed by atoms with Gasteiger partial charge in [0.25, 0.3) is 0 Å². The number of hydrogen-bond donors (Lipinski definition) is 1. The van der Waals surface area contributed by atoms with Gasteiger partial charge in [-0.15, -0.1) is 0 Å². The average Bonchev–Trinajstić information content (AvgIpc) is 2.46. The summed E-state index contributed by atoms with van der Waals surface area (Å²) in [4.78, 5) is 6.60. The highest BCUT2D eigenvalue weighted by molar-refractivity contribution is 5.45. The lowest BCUT2D eigenvalue weighted by atomic mass is 10.2. The van der Waals surface area contributed by atoms with E-state index in [1.807, 2.05) is 18.3 Å². The van der Waals surface area contributed by atoms with Gasteiger partial charge in [-0.25, -0.2) is 4.98 Å². The SMILES string of the molecule is Cc1cccnc1NCCCN(C)c1ccccc1. The quantitative estimate of drug-likeness (QED) is 0.802. The minimum Gasteiger partial charge on any atom is -0.375 e. The molecule has 2 aromatic rings. The van der Waals surface area contributed by atoms with Crippen LogP contribution in [-0.2, 0) is 0 Å². The minimum absolute atomic E-state index is 0.940. The van der Waals surface area contributed by atoms with E-state index in [1.165, 1.54) is 11.3 Å². The second-order valence-corrected chi connectivity index (χ2v) is 4.71. The van der Waals surface area contributed by atoms with Crippen LogP contribution in [-0.4, -0.2) is 25.1 Å². The summed E-state index contributed by atoms with van der Waals surface area (Å²) in [5, 5.41) is 3.38. The van der Waals surface area contributed by atoms with Crippen molar-refractivity contribution in [2.75, 3.05) is 30.4 Å². The van der Waals surface area contributed by atoms with Crippen LogP contribution < -0.4 is 10.2 Å². The molecule has 0 amide bonds. The predicted molar refractivity (Wildman–Crippen MR) is 81.8 cm³/mol. The van der Waals surface area contributed by atoms with E-state index in [4.69, 9.17) is 0 Å². The highest BCUT2D eigenvalue weighted by Crippen LogP contribution is 2.12. The first-order valence-electron chi connectivity index (χ1n) is 6.69. The van der Waals surface area contributed by atoms with Gasteiger partial charge in [0.15, 0.2) is 0 Å². The Hall–Kier alpha value is -2.03. The van der Waals surface area contributed by atoms with E-state index < -0.39 is 0 Å². The first kappa shape index (κ1) is 13.4. The molecule has 0 bridgehead atoms. The summed E-state index contributed by atoms with van der Waals surface area (Å²) in [6.07, 6.45) is 2.91. The zero-order chi connectivity index (χ0) is 13.5. The van der Waals surface area contributed by atoms with Crippen LogP contribution >= 0.6 is 0 Å². The molecule has 0 aliphatic heterocycles. The van der Waals surface area contributed by atoms with Gasteiger partial charge >= 0.3 is 0 Å². The third-order valence-electron chi connectivity index (χ3n) is 3.17. The lowest BCUT2D eigenvalue weighted by Crippen LogP contribution is -2.20. The Kier molecular flexibility index (Phi) is 4.78. The molecule has 1 N–H and O–H groups in total. The number of hydrogen-bond acceptors (Lipinski definition) is 3. The molecule has 0 spiro atoms. The molecule has 0 saturated heterocycles. The van der Waals surface area contributed by atoms with Gasteiger partial charge in [-0.05, 0) is 37.1 Å². The van der Waals surface area contributed by atoms with Crippen LogP contribution in [0, 0.1) is 6.92 Å². The standard InChI is InChI=1S/C16H21N3/c1-14-8-6-11-17-16(14)18-12-7-13-19(2)15-9-4-3-5-10-15/h3-6,8-11H,7,12-13H2,1-2H3,(H,17,18). The summed E-state index contributed by atoms with van der Waals surface area (Å²) in [6.45, 7) is 4.04. The summed E-state index contributed by atoms with van der Waals surface area (Å²) < 4.78 is 0. The molecule has 2 rings (SSSR count). The van der Waals surface area contributed by atoms with Gasteiger partial charge in [-0.2, -0.15) is 0 Å². The molecule has 1 heterocycles. The number of nitrogens with one attached hydrogen (secondary N) is 1. The molecular weight excluding hydrogens is 234 g/mol. The van der Waals surface area contributed by atoms with Gasteiger partial charge in [-0.1, -0.05) is 24.3 Å². The van der Waals surface area contributed by atoms with Gasteiger partial charge in [0.1, 0.15) is 5.82 Å². The van der Waals surface area contributed by atoms with Gasteiger partial charge in [0.05, 0.1) is 0 Å². The minimum atomic E-state index is 0.940. The van der Waals surface area contributed by atoms with Crippen molar-refractivity contribution in [3.8, 4) is 0 Å². The van der Waals surface area contributed by atoms with Crippen LogP contribution in [0.25, 0.3) is 0 Å². The zero-order valence-corrected chi connectivity index (χ0v) is 11.6. The Labute approximate surface area is 115 Å². The Balaban J connectivity index is 1.74. The van der Waals surface area contributed by atoms with E-state index in [9.17, 15) is 0 Å². The summed E-state index contributed by atoms with van der Waals surface area (Å²) in [5.41, 5.74) is 2.45. The number of aryl methyl sites for hydroxylation is 1. The van der Waals surface area contributed by atoms with Crippen LogP contribution in [0.3, 0.4) is 0 Å². The largest absolute Gasteiger partial charge is 0.375 e. The Morgan fingerprint density at radius 2 is 1.89 bits per heavy atom. The molecule has 19 heavy (non-hydrogen) atoms. The normalized spacial score (nSPS) is 10.2. The lowest BCUT2D eigenvalue weighted by molar-refractivity contribution is 0.813. The third kappa shape index (κ3) is 3.98. The molecule has 1 aromatic carbocycles. The summed E-state index contributed by atoms with van der Waals surface area (Å²) in [5.74, 6) is 0.991. The van der Waals surface area contributed by atoms with Crippen LogP contribution in [0.1, 0.15) is 12.0 Å². The number of para-hydroxylation sites is 1. The summed E-state index contributed by atoms with van der Waals surface area (Å²) in [7, 11) is 2.13. The molecule has 0 fully saturated rings. The first-order chi connectivity index (χ1) is 9.27. The fourth-order valence-electron chi connectivity index (χ4n) is 2.01. The molecule has 0 aliphatic rings. The second kappa shape index (κ2) is 6.78. The van der Waals surface area contributed by atoms with Gasteiger partial charge in [0, 0.05) is 32.0 Å². The van der Waals surface area contributed by atoms with Gasteiger partial charge in [0.2, 0.25) is 0 Å². The zero-order valence-electron chi connectivity index (χ0n) is 11.6. The molecule has 100 valence electrons. The van der Waals surface area contributed by atoms with Crippen LogP contribution in [0.15, 0.2) is 48.7 Å². The second-order valence-electron chi connectivity index (χ2n) is 4.71. The monoisotopic (exact) mass is 255 g/mol. The molecule has 3 nitrogen and oxygen atoms in total. The fourth-order valence-corrected chi connectivity index (χ4v) is 2.01. The Morgan fingerprint density at radius 1 is 1.11 bits per heavy atom. The number of nitrogens with zero attached hydrogens (tertiary/aromatic N) is 2. The van der Waals surface area contributed by atoms with E-state index in [0.717, 1.165) is 25.3 Å². The van der Waals surface area contributed by atoms with Crippen LogP contribution in [0.4, 0.5) is 11.5 Å². The molecule has 0 radical (unpaired) electrons. The lowest BCUT2D eigenvalue weighted by Gasteiger charge is -2.19. The molecule has 0 unspecified atom stereocenters. The van der Waals surface area contributed by atoms with E-state index in [2.05, 4.69) is 59.5 Å². The number of rotatable bonds is 6. The molecule has 0 atom stereocenters. The van der Waals surface area contributed by atoms with Crippen molar-refractivity contribution >= 4 is 11.5 Å². The third-order valence-corrected chi connectivity index (χ3v) is 3.17. The maximum atomic E-state index is 4.33. The van der Waals surface area contributed by atoms with Gasteiger partial charge < -0.3 is 10.2 Å². The van der Waals surface area contributed by atoms with Crippen molar-refractivity contribution in [1.82, 2.24) is 4.98 Å². The smallest absolute Gasteiger partial charge is 0.128 e. The number of aromatic nitrogens is 1. The number of pyridine rings is 1. The van der Waals surface area contributed by atoms with Crippen LogP contribution in [0.2, 0.25) is 0 Å². The molecule has 3 heteroatoms. The van der Waals surface area contributed by atoms with Crippen molar-refractivity contribution in [1.29, 1.82) is 0 Å². The van der Waals surface area contributed by atoms with Crippen molar-refractivity contribution in [2.24, 2.45) is 0 Å². The highest BCUT2D eigenvalue weighted by Gasteiger charge is 2.00. The van der Waals surface area contributed by atoms with Crippen molar-refractivity contribution in [3.05, 3.63) is 54.2 Å². The molecule has 0 saturated carbocycles. The van der Waals surface area contributed by atoms with E-state index in [-0.39, 0.29) is 0 Å². The molecular formula is C16H21N3.